The number of carbonyl (C=O) groups excluding carboxylic acids is 1. The highest BCUT2D eigenvalue weighted by Gasteiger charge is 2.45. The lowest BCUT2D eigenvalue weighted by Gasteiger charge is -2.43. The van der Waals surface area contributed by atoms with Gasteiger partial charge in [-0.2, -0.15) is 15.0 Å². The summed E-state index contributed by atoms with van der Waals surface area (Å²) >= 11 is 0. The van der Waals surface area contributed by atoms with Gasteiger partial charge in [-0.3, -0.25) is 4.79 Å². The largest absolute Gasteiger partial charge is 0.372 e. The fourth-order valence-corrected chi connectivity index (χ4v) is 6.31. The lowest BCUT2D eigenvalue weighted by molar-refractivity contribution is -0.0881. The van der Waals surface area contributed by atoms with Crippen LogP contribution in [0.15, 0.2) is 31.8 Å². The summed E-state index contributed by atoms with van der Waals surface area (Å²) in [5, 5.41) is 11.7. The molecule has 6 rings (SSSR count). The molecule has 8 atom stereocenters. The number of benzene rings is 1. The van der Waals surface area contributed by atoms with Gasteiger partial charge in [-0.15, -0.1) is 0 Å². The van der Waals surface area contributed by atoms with E-state index in [0.717, 1.165) is 0 Å². The van der Waals surface area contributed by atoms with Gasteiger partial charge in [0.25, 0.3) is 5.89 Å². The van der Waals surface area contributed by atoms with Crippen molar-refractivity contribution in [1.82, 2.24) is 30.4 Å². The maximum Gasteiger partial charge on any atom is 0.257 e. The lowest BCUT2D eigenvalue weighted by Crippen LogP contribution is -2.54. The SMILES string of the molecule is Cc1noc(-c2ccc(C(N)=O)c(C3CC(c4nc(C)no4)CC(OC4CC(c5nc(C)no5)CC(F)C4N)C3N)c2)n1. The summed E-state index contributed by atoms with van der Waals surface area (Å²) in [6.45, 7) is 5.15. The van der Waals surface area contributed by atoms with E-state index in [2.05, 4.69) is 30.4 Å². The minimum absolute atomic E-state index is 0.149. The monoisotopic (exact) mass is 595 g/mol. The van der Waals surface area contributed by atoms with Crippen molar-refractivity contribution in [2.24, 2.45) is 17.2 Å². The first kappa shape index (κ1) is 29.0. The number of ether oxygens (including phenoxy) is 1. The van der Waals surface area contributed by atoms with Crippen LogP contribution < -0.4 is 17.2 Å². The van der Waals surface area contributed by atoms with Gasteiger partial charge >= 0.3 is 0 Å². The van der Waals surface area contributed by atoms with E-state index in [-0.39, 0.29) is 18.3 Å². The molecule has 3 aromatic heterocycles. The van der Waals surface area contributed by atoms with E-state index < -0.39 is 42.3 Å². The number of halogens is 1. The van der Waals surface area contributed by atoms with Crippen molar-refractivity contribution < 1.29 is 27.5 Å². The Balaban J connectivity index is 1.35. The van der Waals surface area contributed by atoms with E-state index in [1.807, 2.05) is 0 Å². The molecule has 2 aliphatic rings. The molecule has 2 fully saturated rings. The van der Waals surface area contributed by atoms with Gasteiger partial charge in [0.2, 0.25) is 17.7 Å². The van der Waals surface area contributed by atoms with Crippen LogP contribution in [0.25, 0.3) is 11.5 Å². The number of hydrogen-bond acceptors (Lipinski definition) is 13. The van der Waals surface area contributed by atoms with Crippen molar-refractivity contribution in [3.63, 3.8) is 0 Å². The zero-order valence-corrected chi connectivity index (χ0v) is 24.0. The second kappa shape index (κ2) is 11.5. The molecule has 1 aromatic carbocycles. The first-order valence-electron chi connectivity index (χ1n) is 14.2. The molecule has 0 radical (unpaired) electrons. The van der Waals surface area contributed by atoms with Crippen LogP contribution in [0.4, 0.5) is 4.39 Å². The standard InChI is InChI=1S/C28H34FN9O5/c1-11-33-26(41-36-11)14-4-5-17(25(32)39)18(6-14)19-7-15(27-34-12(2)37-42-27)9-21(23(19)30)40-22-10-16(8-20(29)24(22)31)28-35-13(3)38-43-28/h4-6,15-16,19-24H,7-10,30-31H2,1-3H3,(H2,32,39). The smallest absolute Gasteiger partial charge is 0.257 e. The van der Waals surface area contributed by atoms with Gasteiger partial charge in [0, 0.05) is 34.9 Å². The summed E-state index contributed by atoms with van der Waals surface area (Å²) < 4.78 is 38.1. The molecule has 3 heterocycles. The number of nitrogens with zero attached hydrogens (tertiary/aromatic N) is 6. The third kappa shape index (κ3) is 5.79. The molecule has 2 aliphatic carbocycles. The molecule has 15 heteroatoms. The van der Waals surface area contributed by atoms with Gasteiger partial charge < -0.3 is 35.5 Å². The van der Waals surface area contributed by atoms with Crippen molar-refractivity contribution in [2.75, 3.05) is 0 Å². The predicted molar refractivity (Wildman–Crippen MR) is 147 cm³/mol. The number of rotatable bonds is 7. The highest BCUT2D eigenvalue weighted by Crippen LogP contribution is 2.45. The first-order chi connectivity index (χ1) is 20.6. The van der Waals surface area contributed by atoms with Gasteiger partial charge in [-0.25, -0.2) is 4.39 Å². The summed E-state index contributed by atoms with van der Waals surface area (Å²) in [5.74, 6) is 0.785. The number of alkyl halides is 1. The maximum absolute atomic E-state index is 15.2. The molecule has 0 spiro atoms. The summed E-state index contributed by atoms with van der Waals surface area (Å²) in [6, 6.07) is 3.58. The number of aryl methyl sites for hydroxylation is 3. The van der Waals surface area contributed by atoms with Crippen molar-refractivity contribution in [3.8, 4) is 11.5 Å². The third-order valence-electron chi connectivity index (χ3n) is 8.45. The normalized spacial score (nSPS) is 29.5. The summed E-state index contributed by atoms with van der Waals surface area (Å²) in [4.78, 5) is 25.7. The van der Waals surface area contributed by atoms with E-state index in [4.69, 9.17) is 35.5 Å². The van der Waals surface area contributed by atoms with Crippen LogP contribution >= 0.6 is 0 Å². The number of aromatic nitrogens is 6. The fourth-order valence-electron chi connectivity index (χ4n) is 6.31. The van der Waals surface area contributed by atoms with Crippen molar-refractivity contribution in [3.05, 3.63) is 58.6 Å². The number of primary amides is 1. The molecule has 228 valence electrons. The maximum atomic E-state index is 15.2. The molecule has 43 heavy (non-hydrogen) atoms. The quantitative estimate of drug-likeness (QED) is 0.280. The molecule has 4 aromatic rings. The summed E-state index contributed by atoms with van der Waals surface area (Å²) in [6.07, 6.45) is -1.26. The summed E-state index contributed by atoms with van der Waals surface area (Å²) in [7, 11) is 0. The molecule has 6 N–H and O–H groups in total. The number of nitrogens with two attached hydrogens (primary N) is 3. The Morgan fingerprint density at radius 1 is 0.837 bits per heavy atom. The Hall–Kier alpha value is -4.08. The fraction of sp³-hybridized carbons (Fsp3) is 0.536. The average Bonchev–Trinajstić information content (AvgIpc) is 3.73. The average molecular weight is 596 g/mol. The highest BCUT2D eigenvalue weighted by molar-refractivity contribution is 5.95. The van der Waals surface area contributed by atoms with Gasteiger partial charge in [0.15, 0.2) is 17.5 Å². The Labute approximate surface area is 245 Å². The van der Waals surface area contributed by atoms with E-state index in [1.54, 1.807) is 39.0 Å². The van der Waals surface area contributed by atoms with Crippen LogP contribution in [-0.4, -0.2) is 66.8 Å². The first-order valence-corrected chi connectivity index (χ1v) is 14.2. The third-order valence-corrected chi connectivity index (χ3v) is 8.45. The van der Waals surface area contributed by atoms with Crippen LogP contribution in [0.2, 0.25) is 0 Å². The minimum Gasteiger partial charge on any atom is -0.372 e. The molecule has 0 saturated heterocycles. The predicted octanol–water partition coefficient (Wildman–Crippen LogP) is 2.51. The molecule has 14 nitrogen and oxygen atoms in total. The van der Waals surface area contributed by atoms with Gasteiger partial charge in [0.05, 0.1) is 18.2 Å². The van der Waals surface area contributed by atoms with Crippen LogP contribution in [-0.2, 0) is 4.74 Å². The molecule has 0 aliphatic heterocycles. The van der Waals surface area contributed by atoms with E-state index in [9.17, 15) is 4.79 Å². The van der Waals surface area contributed by atoms with Crippen LogP contribution in [0, 0.1) is 20.8 Å². The van der Waals surface area contributed by atoms with Crippen molar-refractivity contribution in [2.45, 2.75) is 94.7 Å². The molecule has 1 amide bonds. The molecular formula is C28H34FN9O5. The van der Waals surface area contributed by atoms with Crippen molar-refractivity contribution in [1.29, 1.82) is 0 Å². The van der Waals surface area contributed by atoms with Crippen LogP contribution in [0.3, 0.4) is 0 Å². The zero-order valence-electron chi connectivity index (χ0n) is 24.0. The zero-order chi connectivity index (χ0) is 30.4. The van der Waals surface area contributed by atoms with Crippen LogP contribution in [0.1, 0.15) is 88.6 Å². The Kier molecular flexibility index (Phi) is 7.79. The van der Waals surface area contributed by atoms with Gasteiger partial charge in [0.1, 0.15) is 6.17 Å². The Bertz CT molecular complexity index is 1600. The van der Waals surface area contributed by atoms with Crippen molar-refractivity contribution >= 4 is 5.91 Å². The van der Waals surface area contributed by atoms with Crippen LogP contribution in [0.5, 0.6) is 0 Å². The second-order valence-electron chi connectivity index (χ2n) is 11.5. The highest BCUT2D eigenvalue weighted by atomic mass is 19.1. The topological polar surface area (TPSA) is 221 Å². The number of hydrogen-bond donors (Lipinski definition) is 3. The molecule has 0 bridgehead atoms. The van der Waals surface area contributed by atoms with Gasteiger partial charge in [-0.05, 0) is 70.2 Å². The Morgan fingerprint density at radius 2 is 1.42 bits per heavy atom. The number of amides is 1. The Morgan fingerprint density at radius 3 is 1.98 bits per heavy atom. The summed E-state index contributed by atoms with van der Waals surface area (Å²) in [5.41, 5.74) is 20.6. The van der Waals surface area contributed by atoms with E-state index >= 15 is 4.39 Å². The van der Waals surface area contributed by atoms with E-state index in [0.29, 0.717) is 71.1 Å². The second-order valence-corrected chi connectivity index (χ2v) is 11.5. The lowest BCUT2D eigenvalue weighted by atomic mass is 9.71. The number of carbonyl (C=O) groups is 1. The molecule has 8 unspecified atom stereocenters. The molecular weight excluding hydrogens is 561 g/mol. The minimum atomic E-state index is -1.35. The molecule has 2 saturated carbocycles. The van der Waals surface area contributed by atoms with E-state index in [1.165, 1.54) is 0 Å². The van der Waals surface area contributed by atoms with Gasteiger partial charge in [-0.1, -0.05) is 15.5 Å².